The standard InChI is InChI=1S/C18H25N3O2/c1-13-16(14(2)23-20-13)10-11-18(22)19-17(12-21(3)4)15-8-6-5-7-9-15/h5-9,17H,10-12H2,1-4H3,(H,19,22). The summed E-state index contributed by atoms with van der Waals surface area (Å²) in [6.07, 6.45) is 1.08. The Morgan fingerprint density at radius 3 is 2.52 bits per heavy atom. The van der Waals surface area contributed by atoms with Gasteiger partial charge in [-0.15, -0.1) is 0 Å². The van der Waals surface area contributed by atoms with Crippen LogP contribution in [0.4, 0.5) is 0 Å². The third-order valence-electron chi connectivity index (χ3n) is 3.87. The highest BCUT2D eigenvalue weighted by Gasteiger charge is 2.16. The van der Waals surface area contributed by atoms with Crippen molar-refractivity contribution in [2.75, 3.05) is 20.6 Å². The molecule has 1 N–H and O–H groups in total. The molecular weight excluding hydrogens is 290 g/mol. The van der Waals surface area contributed by atoms with Crippen molar-refractivity contribution in [1.29, 1.82) is 0 Å². The molecule has 0 fully saturated rings. The summed E-state index contributed by atoms with van der Waals surface area (Å²) in [6, 6.07) is 10.0. The fourth-order valence-electron chi connectivity index (χ4n) is 2.65. The van der Waals surface area contributed by atoms with E-state index in [0.29, 0.717) is 12.8 Å². The highest BCUT2D eigenvalue weighted by molar-refractivity contribution is 5.76. The van der Waals surface area contributed by atoms with Gasteiger partial charge in [-0.05, 0) is 39.9 Å². The van der Waals surface area contributed by atoms with Crippen molar-refractivity contribution in [3.8, 4) is 0 Å². The van der Waals surface area contributed by atoms with Gasteiger partial charge >= 0.3 is 0 Å². The summed E-state index contributed by atoms with van der Waals surface area (Å²) >= 11 is 0. The second-order valence-corrected chi connectivity index (χ2v) is 6.10. The van der Waals surface area contributed by atoms with Gasteiger partial charge in [0, 0.05) is 18.5 Å². The summed E-state index contributed by atoms with van der Waals surface area (Å²) in [6.45, 7) is 4.55. The lowest BCUT2D eigenvalue weighted by Gasteiger charge is -2.23. The zero-order valence-corrected chi connectivity index (χ0v) is 14.3. The topological polar surface area (TPSA) is 58.4 Å². The summed E-state index contributed by atoms with van der Waals surface area (Å²) < 4.78 is 5.14. The Morgan fingerprint density at radius 2 is 1.96 bits per heavy atom. The number of carbonyl (C=O) groups excluding carboxylic acids is 1. The molecule has 1 aromatic heterocycles. The van der Waals surface area contributed by atoms with Gasteiger partial charge in [0.05, 0.1) is 11.7 Å². The molecule has 0 aliphatic rings. The number of likely N-dealkylation sites (N-methyl/N-ethyl adjacent to an activating group) is 1. The van der Waals surface area contributed by atoms with Crippen LogP contribution < -0.4 is 5.32 Å². The van der Waals surface area contributed by atoms with E-state index in [1.54, 1.807) is 0 Å². The Balaban J connectivity index is 1.98. The Kier molecular flexibility index (Phi) is 5.93. The van der Waals surface area contributed by atoms with Gasteiger partial charge in [0.1, 0.15) is 5.76 Å². The largest absolute Gasteiger partial charge is 0.361 e. The number of hydrogen-bond acceptors (Lipinski definition) is 4. The number of rotatable bonds is 7. The molecule has 124 valence electrons. The summed E-state index contributed by atoms with van der Waals surface area (Å²) in [5.74, 6) is 0.837. The van der Waals surface area contributed by atoms with Gasteiger partial charge in [-0.3, -0.25) is 4.79 Å². The molecule has 0 spiro atoms. The molecule has 2 rings (SSSR count). The van der Waals surface area contributed by atoms with Crippen molar-refractivity contribution < 1.29 is 9.32 Å². The first-order valence-electron chi connectivity index (χ1n) is 7.88. The molecule has 2 aromatic rings. The second kappa shape index (κ2) is 7.92. The van der Waals surface area contributed by atoms with E-state index >= 15 is 0 Å². The number of nitrogens with zero attached hydrogens (tertiary/aromatic N) is 2. The quantitative estimate of drug-likeness (QED) is 0.853. The van der Waals surface area contributed by atoms with Gasteiger partial charge in [-0.1, -0.05) is 35.5 Å². The van der Waals surface area contributed by atoms with Crippen molar-refractivity contribution >= 4 is 5.91 Å². The van der Waals surface area contributed by atoms with Crippen LogP contribution in [-0.4, -0.2) is 36.6 Å². The Labute approximate surface area is 137 Å². The molecule has 1 atom stereocenters. The molecule has 0 bridgehead atoms. The van der Waals surface area contributed by atoms with Crippen molar-refractivity contribution in [1.82, 2.24) is 15.4 Å². The first-order valence-corrected chi connectivity index (χ1v) is 7.88. The van der Waals surface area contributed by atoms with Crippen LogP contribution in [0.25, 0.3) is 0 Å². The lowest BCUT2D eigenvalue weighted by molar-refractivity contribution is -0.121. The number of nitrogens with one attached hydrogen (secondary N) is 1. The minimum absolute atomic E-state index is 0.0108. The maximum atomic E-state index is 12.3. The van der Waals surface area contributed by atoms with Gasteiger partial charge in [0.25, 0.3) is 0 Å². The van der Waals surface area contributed by atoms with Gasteiger partial charge in [0.15, 0.2) is 0 Å². The van der Waals surface area contributed by atoms with E-state index in [1.165, 1.54) is 0 Å². The van der Waals surface area contributed by atoms with E-state index in [1.807, 2.05) is 58.3 Å². The molecular formula is C18H25N3O2. The molecule has 1 amide bonds. The molecule has 0 aliphatic carbocycles. The highest BCUT2D eigenvalue weighted by atomic mass is 16.5. The number of benzene rings is 1. The molecule has 5 heteroatoms. The van der Waals surface area contributed by atoms with E-state index in [0.717, 1.165) is 29.1 Å². The highest BCUT2D eigenvalue weighted by Crippen LogP contribution is 2.16. The predicted octanol–water partition coefficient (Wildman–Crippen LogP) is 2.64. The average molecular weight is 315 g/mol. The number of aryl methyl sites for hydroxylation is 2. The summed E-state index contributed by atoms with van der Waals surface area (Å²) in [5.41, 5.74) is 3.01. The molecule has 1 heterocycles. The lowest BCUT2D eigenvalue weighted by Crippen LogP contribution is -2.35. The van der Waals surface area contributed by atoms with Crippen LogP contribution in [0.5, 0.6) is 0 Å². The first-order chi connectivity index (χ1) is 11.0. The van der Waals surface area contributed by atoms with Crippen LogP contribution in [-0.2, 0) is 11.2 Å². The number of amides is 1. The minimum Gasteiger partial charge on any atom is -0.361 e. The Hall–Kier alpha value is -2.14. The molecule has 0 saturated carbocycles. The molecule has 0 saturated heterocycles. The molecule has 1 unspecified atom stereocenters. The summed E-state index contributed by atoms with van der Waals surface area (Å²) in [7, 11) is 4.01. The summed E-state index contributed by atoms with van der Waals surface area (Å²) in [5, 5.41) is 7.06. The zero-order valence-electron chi connectivity index (χ0n) is 14.3. The number of aromatic nitrogens is 1. The number of carbonyl (C=O) groups is 1. The first kappa shape index (κ1) is 17.2. The fourth-order valence-corrected chi connectivity index (χ4v) is 2.65. The summed E-state index contributed by atoms with van der Waals surface area (Å²) in [4.78, 5) is 14.4. The molecule has 0 radical (unpaired) electrons. The van der Waals surface area contributed by atoms with E-state index in [4.69, 9.17) is 4.52 Å². The van der Waals surface area contributed by atoms with Crippen LogP contribution in [0, 0.1) is 13.8 Å². The second-order valence-electron chi connectivity index (χ2n) is 6.10. The van der Waals surface area contributed by atoms with Crippen molar-refractivity contribution in [3.63, 3.8) is 0 Å². The van der Waals surface area contributed by atoms with Gasteiger partial charge in [-0.25, -0.2) is 0 Å². The van der Waals surface area contributed by atoms with E-state index in [2.05, 4.69) is 15.4 Å². The SMILES string of the molecule is Cc1noc(C)c1CCC(=O)NC(CN(C)C)c1ccccc1. The van der Waals surface area contributed by atoms with Crippen molar-refractivity contribution in [2.45, 2.75) is 32.7 Å². The smallest absolute Gasteiger partial charge is 0.220 e. The Bertz CT molecular complexity index is 615. The van der Waals surface area contributed by atoms with Crippen molar-refractivity contribution in [3.05, 3.63) is 52.9 Å². The zero-order chi connectivity index (χ0) is 16.8. The van der Waals surface area contributed by atoms with Gasteiger partial charge in [-0.2, -0.15) is 0 Å². The monoisotopic (exact) mass is 315 g/mol. The van der Waals surface area contributed by atoms with Crippen LogP contribution in [0.3, 0.4) is 0 Å². The lowest BCUT2D eigenvalue weighted by atomic mass is 10.0. The molecule has 23 heavy (non-hydrogen) atoms. The van der Waals surface area contributed by atoms with Crippen LogP contribution >= 0.6 is 0 Å². The van der Waals surface area contributed by atoms with Gasteiger partial charge in [0.2, 0.25) is 5.91 Å². The van der Waals surface area contributed by atoms with Crippen LogP contribution in [0.2, 0.25) is 0 Å². The van der Waals surface area contributed by atoms with E-state index in [9.17, 15) is 4.79 Å². The van der Waals surface area contributed by atoms with Crippen molar-refractivity contribution in [2.24, 2.45) is 0 Å². The number of hydrogen-bond donors (Lipinski definition) is 1. The molecule has 0 aliphatic heterocycles. The maximum Gasteiger partial charge on any atom is 0.220 e. The normalized spacial score (nSPS) is 12.4. The third kappa shape index (κ3) is 4.93. The minimum atomic E-state index is -0.0108. The predicted molar refractivity (Wildman–Crippen MR) is 90.2 cm³/mol. The molecule has 1 aromatic carbocycles. The average Bonchev–Trinajstić information content (AvgIpc) is 2.84. The Morgan fingerprint density at radius 1 is 1.26 bits per heavy atom. The fraction of sp³-hybridized carbons (Fsp3) is 0.444. The van der Waals surface area contributed by atoms with Crippen LogP contribution in [0.15, 0.2) is 34.9 Å². The van der Waals surface area contributed by atoms with E-state index in [-0.39, 0.29) is 11.9 Å². The third-order valence-corrected chi connectivity index (χ3v) is 3.87. The van der Waals surface area contributed by atoms with Crippen LogP contribution in [0.1, 0.15) is 35.0 Å². The maximum absolute atomic E-state index is 12.3. The molecule has 5 nitrogen and oxygen atoms in total. The van der Waals surface area contributed by atoms with Gasteiger partial charge < -0.3 is 14.7 Å². The van der Waals surface area contributed by atoms with E-state index < -0.39 is 0 Å².